The second-order valence-corrected chi connectivity index (χ2v) is 3.83. The van der Waals surface area contributed by atoms with Crippen LogP contribution in [0.1, 0.15) is 31.4 Å². The maximum Gasteiger partial charge on any atom is 0.433 e. The number of unbranched alkanes of at least 4 members (excludes halogenated alkanes) is 3. The zero-order chi connectivity index (χ0) is 13.4. The Kier molecular flexibility index (Phi) is 5.84. The molecule has 0 bridgehead atoms. The van der Waals surface area contributed by atoms with E-state index in [1.165, 1.54) is 0 Å². The predicted octanol–water partition coefficient (Wildman–Crippen LogP) is 2.46. The Balaban J connectivity index is 2.34. The van der Waals surface area contributed by atoms with Gasteiger partial charge >= 0.3 is 6.18 Å². The van der Waals surface area contributed by atoms with Crippen molar-refractivity contribution >= 4 is 5.95 Å². The van der Waals surface area contributed by atoms with Gasteiger partial charge in [0.2, 0.25) is 5.95 Å². The average Bonchev–Trinajstić information content (AvgIpc) is 2.33. The first-order chi connectivity index (χ1) is 8.54. The molecule has 0 aromatic carbocycles. The Labute approximate surface area is 103 Å². The topological polar surface area (TPSA) is 58.0 Å². The number of hydrogen-bond acceptors (Lipinski definition) is 4. The molecule has 4 nitrogen and oxygen atoms in total. The normalized spacial score (nSPS) is 11.6. The summed E-state index contributed by atoms with van der Waals surface area (Å²) in [6.45, 7) is 0.691. The number of nitrogens with zero attached hydrogens (tertiary/aromatic N) is 2. The van der Waals surface area contributed by atoms with Crippen molar-refractivity contribution in [3.05, 3.63) is 18.0 Å². The first-order valence-corrected chi connectivity index (χ1v) is 5.79. The lowest BCUT2D eigenvalue weighted by molar-refractivity contribution is -0.141. The smallest absolute Gasteiger partial charge is 0.396 e. The molecule has 1 rings (SSSR count). The van der Waals surface area contributed by atoms with Crippen LogP contribution in [0.4, 0.5) is 19.1 Å². The molecule has 2 N–H and O–H groups in total. The standard InChI is InChI=1S/C11H16F3N3O/c12-11(13,14)9-5-7-16-10(17-9)15-6-3-1-2-4-8-18/h5,7,18H,1-4,6,8H2,(H,15,16,17). The predicted molar refractivity (Wildman–Crippen MR) is 61.1 cm³/mol. The van der Waals surface area contributed by atoms with E-state index in [4.69, 9.17) is 5.11 Å². The molecule has 0 aliphatic rings. The number of halogens is 3. The van der Waals surface area contributed by atoms with E-state index in [9.17, 15) is 13.2 Å². The molecular weight excluding hydrogens is 247 g/mol. The Bertz CT molecular complexity index is 358. The highest BCUT2D eigenvalue weighted by Crippen LogP contribution is 2.27. The van der Waals surface area contributed by atoms with Crippen molar-refractivity contribution in [3.63, 3.8) is 0 Å². The fraction of sp³-hybridized carbons (Fsp3) is 0.636. The van der Waals surface area contributed by atoms with E-state index in [-0.39, 0.29) is 12.6 Å². The summed E-state index contributed by atoms with van der Waals surface area (Å²) in [5.41, 5.74) is -0.944. The van der Waals surface area contributed by atoms with Crippen molar-refractivity contribution < 1.29 is 18.3 Å². The zero-order valence-corrected chi connectivity index (χ0v) is 9.87. The van der Waals surface area contributed by atoms with Gasteiger partial charge in [-0.05, 0) is 18.9 Å². The van der Waals surface area contributed by atoms with E-state index in [0.717, 1.165) is 37.9 Å². The lowest BCUT2D eigenvalue weighted by Gasteiger charge is -2.08. The highest BCUT2D eigenvalue weighted by atomic mass is 19.4. The van der Waals surface area contributed by atoms with Crippen molar-refractivity contribution in [1.82, 2.24) is 9.97 Å². The molecular formula is C11H16F3N3O. The van der Waals surface area contributed by atoms with Gasteiger partial charge in [-0.2, -0.15) is 13.2 Å². The van der Waals surface area contributed by atoms with Gasteiger partial charge < -0.3 is 10.4 Å². The number of nitrogens with one attached hydrogen (secondary N) is 1. The van der Waals surface area contributed by atoms with Crippen LogP contribution in [0.2, 0.25) is 0 Å². The number of aliphatic hydroxyl groups is 1. The SMILES string of the molecule is OCCCCCCNc1nccc(C(F)(F)F)n1. The van der Waals surface area contributed by atoms with E-state index in [1.54, 1.807) is 0 Å². The number of aromatic nitrogens is 2. The molecule has 7 heteroatoms. The Morgan fingerprint density at radius 2 is 1.89 bits per heavy atom. The zero-order valence-electron chi connectivity index (χ0n) is 9.87. The van der Waals surface area contributed by atoms with Crippen molar-refractivity contribution in [2.75, 3.05) is 18.5 Å². The van der Waals surface area contributed by atoms with Gasteiger partial charge in [-0.15, -0.1) is 0 Å². The molecule has 0 saturated carbocycles. The Morgan fingerprint density at radius 3 is 2.56 bits per heavy atom. The molecule has 1 heterocycles. The minimum absolute atomic E-state index is 0.00742. The maximum absolute atomic E-state index is 12.4. The third-order valence-electron chi connectivity index (χ3n) is 2.31. The molecule has 0 saturated heterocycles. The fourth-order valence-electron chi connectivity index (χ4n) is 1.39. The van der Waals surface area contributed by atoms with Crippen LogP contribution in [0.25, 0.3) is 0 Å². The van der Waals surface area contributed by atoms with Crippen LogP contribution in [0.5, 0.6) is 0 Å². The van der Waals surface area contributed by atoms with Crippen LogP contribution in [-0.2, 0) is 6.18 Å². The van der Waals surface area contributed by atoms with Crippen LogP contribution in [0.3, 0.4) is 0 Å². The van der Waals surface area contributed by atoms with Gasteiger partial charge in [0.25, 0.3) is 0 Å². The first kappa shape index (κ1) is 14.7. The summed E-state index contributed by atoms with van der Waals surface area (Å²) < 4.78 is 37.1. The van der Waals surface area contributed by atoms with Gasteiger partial charge in [-0.1, -0.05) is 12.8 Å². The first-order valence-electron chi connectivity index (χ1n) is 5.79. The molecule has 102 valence electrons. The summed E-state index contributed by atoms with van der Waals surface area (Å²) in [5, 5.41) is 11.3. The highest BCUT2D eigenvalue weighted by molar-refractivity contribution is 5.25. The van der Waals surface area contributed by atoms with Crippen molar-refractivity contribution in [2.45, 2.75) is 31.9 Å². The van der Waals surface area contributed by atoms with Crippen LogP contribution < -0.4 is 5.32 Å². The van der Waals surface area contributed by atoms with E-state index in [2.05, 4.69) is 15.3 Å². The number of anilines is 1. The number of aliphatic hydroxyl groups excluding tert-OH is 1. The quantitative estimate of drug-likeness (QED) is 0.742. The monoisotopic (exact) mass is 263 g/mol. The van der Waals surface area contributed by atoms with Gasteiger partial charge in [0.15, 0.2) is 0 Å². The Hall–Kier alpha value is -1.37. The largest absolute Gasteiger partial charge is 0.433 e. The van der Waals surface area contributed by atoms with Crippen LogP contribution in [0.15, 0.2) is 12.3 Å². The fourth-order valence-corrected chi connectivity index (χ4v) is 1.39. The minimum atomic E-state index is -4.44. The van der Waals surface area contributed by atoms with Crippen molar-refractivity contribution in [1.29, 1.82) is 0 Å². The molecule has 0 unspecified atom stereocenters. The third-order valence-corrected chi connectivity index (χ3v) is 2.31. The molecule has 0 fully saturated rings. The Morgan fingerprint density at radius 1 is 1.17 bits per heavy atom. The number of hydrogen-bond donors (Lipinski definition) is 2. The summed E-state index contributed by atoms with van der Waals surface area (Å²) >= 11 is 0. The molecule has 0 radical (unpaired) electrons. The maximum atomic E-state index is 12.4. The van der Waals surface area contributed by atoms with Crippen LogP contribution in [-0.4, -0.2) is 28.2 Å². The van der Waals surface area contributed by atoms with Crippen LogP contribution >= 0.6 is 0 Å². The van der Waals surface area contributed by atoms with Gasteiger partial charge in [0.1, 0.15) is 5.69 Å². The summed E-state index contributed by atoms with van der Waals surface area (Å²) in [4.78, 5) is 7.12. The van der Waals surface area contributed by atoms with E-state index >= 15 is 0 Å². The molecule has 0 amide bonds. The molecule has 1 aromatic rings. The molecule has 1 aromatic heterocycles. The van der Waals surface area contributed by atoms with Gasteiger partial charge in [-0.3, -0.25) is 0 Å². The lowest BCUT2D eigenvalue weighted by Crippen LogP contribution is -2.12. The van der Waals surface area contributed by atoms with E-state index in [1.807, 2.05) is 0 Å². The second-order valence-electron chi connectivity index (χ2n) is 3.83. The average molecular weight is 263 g/mol. The van der Waals surface area contributed by atoms with Gasteiger partial charge in [-0.25, -0.2) is 9.97 Å². The third kappa shape index (κ3) is 5.31. The van der Waals surface area contributed by atoms with Crippen molar-refractivity contribution in [2.24, 2.45) is 0 Å². The molecule has 0 aliphatic heterocycles. The second kappa shape index (κ2) is 7.15. The van der Waals surface area contributed by atoms with E-state index in [0.29, 0.717) is 6.54 Å². The minimum Gasteiger partial charge on any atom is -0.396 e. The number of rotatable bonds is 7. The summed E-state index contributed by atoms with van der Waals surface area (Å²) in [7, 11) is 0. The van der Waals surface area contributed by atoms with Gasteiger partial charge in [0.05, 0.1) is 0 Å². The summed E-state index contributed by atoms with van der Waals surface area (Å²) in [5.74, 6) is -0.00742. The molecule has 0 spiro atoms. The lowest BCUT2D eigenvalue weighted by atomic mass is 10.2. The summed E-state index contributed by atoms with van der Waals surface area (Å²) in [6, 6.07) is 0.840. The molecule has 0 atom stereocenters. The molecule has 18 heavy (non-hydrogen) atoms. The van der Waals surface area contributed by atoms with Gasteiger partial charge in [0, 0.05) is 19.3 Å². The van der Waals surface area contributed by atoms with Crippen LogP contribution in [0, 0.1) is 0 Å². The van der Waals surface area contributed by atoms with Crippen molar-refractivity contribution in [3.8, 4) is 0 Å². The summed E-state index contributed by atoms with van der Waals surface area (Å²) in [6.07, 6.45) is 0.0121. The molecule has 0 aliphatic carbocycles. The highest BCUT2D eigenvalue weighted by Gasteiger charge is 2.32. The van der Waals surface area contributed by atoms with E-state index < -0.39 is 11.9 Å². The number of alkyl halides is 3.